The highest BCUT2D eigenvalue weighted by molar-refractivity contribution is 5.33. The summed E-state index contributed by atoms with van der Waals surface area (Å²) in [6, 6.07) is 2.05. The summed E-state index contributed by atoms with van der Waals surface area (Å²) >= 11 is 0. The monoisotopic (exact) mass is 237 g/mol. The van der Waals surface area contributed by atoms with E-state index in [1.165, 1.54) is 0 Å². The zero-order valence-corrected chi connectivity index (χ0v) is 10.1. The van der Waals surface area contributed by atoms with Crippen molar-refractivity contribution >= 4 is 0 Å². The van der Waals surface area contributed by atoms with Crippen LogP contribution >= 0.6 is 0 Å². The van der Waals surface area contributed by atoms with Crippen molar-refractivity contribution < 1.29 is 9.47 Å². The van der Waals surface area contributed by atoms with Gasteiger partial charge in [-0.05, 0) is 24.8 Å². The van der Waals surface area contributed by atoms with Gasteiger partial charge in [0.15, 0.2) is 0 Å². The topological polar surface area (TPSA) is 69.4 Å². The minimum absolute atomic E-state index is 0.0943. The van der Waals surface area contributed by atoms with E-state index < -0.39 is 0 Å². The van der Waals surface area contributed by atoms with Crippen molar-refractivity contribution in [1.29, 1.82) is 0 Å². The molecule has 3 N–H and O–H groups in total. The van der Waals surface area contributed by atoms with Gasteiger partial charge in [-0.2, -0.15) is 0 Å². The maximum absolute atomic E-state index is 5.69. The van der Waals surface area contributed by atoms with Crippen LogP contribution in [0.5, 0.6) is 5.75 Å². The van der Waals surface area contributed by atoms with E-state index in [2.05, 4.69) is 10.4 Å². The lowest BCUT2D eigenvalue weighted by Crippen LogP contribution is -2.36. The lowest BCUT2D eigenvalue weighted by Gasteiger charge is -2.30. The number of nitrogens with two attached hydrogens (primary N) is 1. The molecule has 0 amide bonds. The highest BCUT2D eigenvalue weighted by Crippen LogP contribution is 2.33. The molecule has 5 heteroatoms. The molecule has 17 heavy (non-hydrogen) atoms. The Morgan fingerprint density at radius 1 is 1.53 bits per heavy atom. The van der Waals surface area contributed by atoms with Crippen molar-refractivity contribution in [3.8, 4) is 5.75 Å². The van der Waals surface area contributed by atoms with E-state index >= 15 is 0 Å². The summed E-state index contributed by atoms with van der Waals surface area (Å²) in [5, 5.41) is 0. The van der Waals surface area contributed by atoms with Crippen molar-refractivity contribution in [3.05, 3.63) is 24.0 Å². The SMILES string of the molecule is COc1cnccc1C(NN)C1CCOCC1. The second-order valence-corrected chi connectivity index (χ2v) is 4.21. The lowest BCUT2D eigenvalue weighted by atomic mass is 9.87. The molecule has 1 aromatic rings. The number of methoxy groups -OCH3 is 1. The molecule has 1 aliphatic rings. The Balaban J connectivity index is 2.21. The standard InChI is InChI=1S/C12H19N3O2/c1-16-11-8-14-5-2-10(11)12(15-13)9-3-6-17-7-4-9/h2,5,8-9,12,15H,3-4,6-7,13H2,1H3. The van der Waals surface area contributed by atoms with Gasteiger partial charge in [-0.3, -0.25) is 16.3 Å². The second kappa shape index (κ2) is 5.95. The molecule has 0 aliphatic carbocycles. The van der Waals surface area contributed by atoms with E-state index in [1.807, 2.05) is 6.07 Å². The van der Waals surface area contributed by atoms with E-state index in [-0.39, 0.29) is 6.04 Å². The van der Waals surface area contributed by atoms with Crippen molar-refractivity contribution in [1.82, 2.24) is 10.4 Å². The fraction of sp³-hybridized carbons (Fsp3) is 0.583. The van der Waals surface area contributed by atoms with E-state index in [0.717, 1.165) is 37.4 Å². The molecule has 0 spiro atoms. The Labute approximate surface area is 101 Å². The van der Waals surface area contributed by atoms with Gasteiger partial charge in [0.2, 0.25) is 0 Å². The van der Waals surface area contributed by atoms with Gasteiger partial charge in [0.25, 0.3) is 0 Å². The molecule has 1 aromatic heterocycles. The van der Waals surface area contributed by atoms with Crippen LogP contribution in [-0.2, 0) is 4.74 Å². The number of rotatable bonds is 4. The third-order valence-corrected chi connectivity index (χ3v) is 3.29. The Hall–Kier alpha value is -1.17. The average Bonchev–Trinajstić information content (AvgIpc) is 2.41. The van der Waals surface area contributed by atoms with Crippen molar-refractivity contribution in [2.45, 2.75) is 18.9 Å². The average molecular weight is 237 g/mol. The van der Waals surface area contributed by atoms with Crippen LogP contribution in [0.2, 0.25) is 0 Å². The highest BCUT2D eigenvalue weighted by atomic mass is 16.5. The maximum atomic E-state index is 5.69. The van der Waals surface area contributed by atoms with Crippen LogP contribution in [0.1, 0.15) is 24.4 Å². The summed E-state index contributed by atoms with van der Waals surface area (Å²) in [5.41, 5.74) is 3.97. The first kappa shape index (κ1) is 12.3. The van der Waals surface area contributed by atoms with Gasteiger partial charge in [0, 0.05) is 25.0 Å². The van der Waals surface area contributed by atoms with Crippen LogP contribution < -0.4 is 16.0 Å². The van der Waals surface area contributed by atoms with Crippen molar-refractivity contribution in [3.63, 3.8) is 0 Å². The smallest absolute Gasteiger partial charge is 0.141 e. The quantitative estimate of drug-likeness (QED) is 0.604. The van der Waals surface area contributed by atoms with Crippen LogP contribution in [0.15, 0.2) is 18.5 Å². The first-order valence-corrected chi connectivity index (χ1v) is 5.88. The van der Waals surface area contributed by atoms with Crippen LogP contribution in [0.3, 0.4) is 0 Å². The van der Waals surface area contributed by atoms with Gasteiger partial charge in [-0.15, -0.1) is 0 Å². The number of nitrogens with one attached hydrogen (secondary N) is 1. The molecule has 1 saturated heterocycles. The van der Waals surface area contributed by atoms with E-state index in [1.54, 1.807) is 19.5 Å². The van der Waals surface area contributed by atoms with E-state index in [0.29, 0.717) is 5.92 Å². The number of aromatic nitrogens is 1. The fourth-order valence-corrected chi connectivity index (χ4v) is 2.35. The van der Waals surface area contributed by atoms with Crippen LogP contribution in [0, 0.1) is 5.92 Å². The van der Waals surface area contributed by atoms with Crippen molar-refractivity contribution in [2.24, 2.45) is 11.8 Å². The second-order valence-electron chi connectivity index (χ2n) is 4.21. The van der Waals surface area contributed by atoms with Crippen LogP contribution in [0.25, 0.3) is 0 Å². The molecule has 0 saturated carbocycles. The molecule has 94 valence electrons. The first-order valence-electron chi connectivity index (χ1n) is 5.88. The molecule has 1 unspecified atom stereocenters. The number of hydrazine groups is 1. The third kappa shape index (κ3) is 2.74. The summed E-state index contributed by atoms with van der Waals surface area (Å²) in [4.78, 5) is 4.06. The summed E-state index contributed by atoms with van der Waals surface area (Å²) in [7, 11) is 1.65. The Morgan fingerprint density at radius 3 is 2.94 bits per heavy atom. The van der Waals surface area contributed by atoms with Gasteiger partial charge in [0.1, 0.15) is 5.75 Å². The molecule has 0 bridgehead atoms. The predicted octanol–water partition coefficient (Wildman–Crippen LogP) is 1.02. The minimum atomic E-state index is 0.0943. The molecule has 2 heterocycles. The first-order chi connectivity index (χ1) is 8.36. The molecular formula is C12H19N3O2. The largest absolute Gasteiger partial charge is 0.495 e. The Morgan fingerprint density at radius 2 is 2.29 bits per heavy atom. The number of pyridine rings is 1. The van der Waals surface area contributed by atoms with E-state index in [4.69, 9.17) is 15.3 Å². The van der Waals surface area contributed by atoms with E-state index in [9.17, 15) is 0 Å². The third-order valence-electron chi connectivity index (χ3n) is 3.29. The molecule has 5 nitrogen and oxygen atoms in total. The summed E-state index contributed by atoms with van der Waals surface area (Å²) in [5.74, 6) is 6.95. The zero-order valence-electron chi connectivity index (χ0n) is 10.1. The zero-order chi connectivity index (χ0) is 12.1. The number of nitrogens with zero attached hydrogens (tertiary/aromatic N) is 1. The number of ether oxygens (including phenoxy) is 2. The molecule has 1 fully saturated rings. The molecule has 0 radical (unpaired) electrons. The number of hydrogen-bond acceptors (Lipinski definition) is 5. The Kier molecular flexibility index (Phi) is 4.30. The maximum Gasteiger partial charge on any atom is 0.141 e. The van der Waals surface area contributed by atoms with Gasteiger partial charge < -0.3 is 9.47 Å². The molecular weight excluding hydrogens is 218 g/mol. The molecule has 0 aromatic carbocycles. The van der Waals surface area contributed by atoms with Gasteiger partial charge in [0.05, 0.1) is 19.3 Å². The van der Waals surface area contributed by atoms with Crippen molar-refractivity contribution in [2.75, 3.05) is 20.3 Å². The summed E-state index contributed by atoms with van der Waals surface area (Å²) in [6.45, 7) is 1.60. The van der Waals surface area contributed by atoms with Crippen LogP contribution in [-0.4, -0.2) is 25.3 Å². The van der Waals surface area contributed by atoms with Crippen LogP contribution in [0.4, 0.5) is 0 Å². The summed E-state index contributed by atoms with van der Waals surface area (Å²) < 4.78 is 10.7. The highest BCUT2D eigenvalue weighted by Gasteiger charge is 2.26. The molecule has 2 rings (SSSR count). The number of hydrogen-bond donors (Lipinski definition) is 2. The molecule has 1 atom stereocenters. The van der Waals surface area contributed by atoms with Gasteiger partial charge in [-0.25, -0.2) is 0 Å². The Bertz CT molecular complexity index is 353. The van der Waals surface area contributed by atoms with Gasteiger partial charge >= 0.3 is 0 Å². The minimum Gasteiger partial charge on any atom is -0.495 e. The molecule has 1 aliphatic heterocycles. The van der Waals surface area contributed by atoms with Gasteiger partial charge in [-0.1, -0.05) is 0 Å². The fourth-order valence-electron chi connectivity index (χ4n) is 2.35. The normalized spacial score (nSPS) is 18.9. The summed E-state index contributed by atoms with van der Waals surface area (Å²) in [6.07, 6.45) is 5.52. The predicted molar refractivity (Wildman–Crippen MR) is 64.4 cm³/mol. The lowest BCUT2D eigenvalue weighted by molar-refractivity contribution is 0.0533.